The number of carboxylic acids is 1. The Kier molecular flexibility index (Phi) is 11.0. The summed E-state index contributed by atoms with van der Waals surface area (Å²) in [6.45, 7) is 4.81. The number of amides is 5. The van der Waals surface area contributed by atoms with Crippen molar-refractivity contribution in [2.24, 2.45) is 23.1 Å². The van der Waals surface area contributed by atoms with E-state index in [1.807, 2.05) is 0 Å². The maximum atomic E-state index is 12.4. The molecule has 0 rings (SSSR count). The predicted molar refractivity (Wildman–Crippen MR) is 104 cm³/mol. The Bertz CT molecular complexity index is 682. The van der Waals surface area contributed by atoms with Gasteiger partial charge in [0.25, 0.3) is 0 Å². The molecule has 0 aliphatic heterocycles. The second-order valence-electron chi connectivity index (χ2n) is 7.14. The molecule has 0 radical (unpaired) electrons. The van der Waals surface area contributed by atoms with E-state index < -0.39 is 66.1 Å². The summed E-state index contributed by atoms with van der Waals surface area (Å²) in [7, 11) is 0. The number of aliphatic carboxylic acids is 1. The minimum absolute atomic E-state index is 0.174. The number of hydrogen-bond acceptors (Lipinski definition) is 7. The van der Waals surface area contributed by atoms with Crippen LogP contribution in [-0.4, -0.2) is 64.8 Å². The van der Waals surface area contributed by atoms with E-state index in [-0.39, 0.29) is 18.8 Å². The molecule has 13 heteroatoms. The Morgan fingerprint density at radius 3 is 1.77 bits per heavy atom. The number of carbonyl (C=O) groups is 6. The van der Waals surface area contributed by atoms with Gasteiger partial charge in [-0.15, -0.1) is 0 Å². The molecule has 0 saturated heterocycles. The van der Waals surface area contributed by atoms with E-state index >= 15 is 0 Å². The van der Waals surface area contributed by atoms with Crippen LogP contribution in [0, 0.1) is 5.92 Å². The SMILES string of the molecule is CC(NC(=O)C(N)C(C)C)C(=O)NC(CCC(N)=O)C(=O)NC(CC(N)=O)C(=O)O. The zero-order valence-corrected chi connectivity index (χ0v) is 17.1. The van der Waals surface area contributed by atoms with Crippen LogP contribution < -0.4 is 33.2 Å². The largest absolute Gasteiger partial charge is 0.480 e. The highest BCUT2D eigenvalue weighted by Gasteiger charge is 2.30. The molecule has 30 heavy (non-hydrogen) atoms. The van der Waals surface area contributed by atoms with Crippen molar-refractivity contribution in [1.82, 2.24) is 16.0 Å². The molecular formula is C17H30N6O7. The number of hydrogen-bond donors (Lipinski definition) is 7. The van der Waals surface area contributed by atoms with Crippen LogP contribution in [0.1, 0.15) is 40.0 Å². The Morgan fingerprint density at radius 1 is 0.800 bits per heavy atom. The number of carbonyl (C=O) groups excluding carboxylic acids is 5. The lowest BCUT2D eigenvalue weighted by atomic mass is 10.0. The first-order valence-electron chi connectivity index (χ1n) is 9.22. The van der Waals surface area contributed by atoms with E-state index in [1.54, 1.807) is 13.8 Å². The van der Waals surface area contributed by atoms with Gasteiger partial charge in [-0.3, -0.25) is 24.0 Å². The number of primary amides is 2. The third-order valence-electron chi connectivity index (χ3n) is 4.11. The average Bonchev–Trinajstić information content (AvgIpc) is 2.62. The lowest BCUT2D eigenvalue weighted by molar-refractivity contribution is -0.144. The van der Waals surface area contributed by atoms with E-state index in [2.05, 4.69) is 16.0 Å². The van der Waals surface area contributed by atoms with Gasteiger partial charge in [-0.05, 0) is 19.3 Å². The molecule has 10 N–H and O–H groups in total. The van der Waals surface area contributed by atoms with E-state index in [0.717, 1.165) is 0 Å². The van der Waals surface area contributed by atoms with Crippen LogP contribution in [-0.2, 0) is 28.8 Å². The summed E-state index contributed by atoms with van der Waals surface area (Å²) in [5.41, 5.74) is 15.7. The highest BCUT2D eigenvalue weighted by atomic mass is 16.4. The quantitative estimate of drug-likeness (QED) is 0.155. The minimum atomic E-state index is -1.62. The van der Waals surface area contributed by atoms with Crippen molar-refractivity contribution in [3.05, 3.63) is 0 Å². The van der Waals surface area contributed by atoms with Crippen molar-refractivity contribution in [2.45, 2.75) is 64.2 Å². The molecule has 0 aliphatic carbocycles. The van der Waals surface area contributed by atoms with Crippen molar-refractivity contribution in [1.29, 1.82) is 0 Å². The third-order valence-corrected chi connectivity index (χ3v) is 4.11. The smallest absolute Gasteiger partial charge is 0.326 e. The Morgan fingerprint density at radius 2 is 1.33 bits per heavy atom. The van der Waals surface area contributed by atoms with Gasteiger partial charge in [0.15, 0.2) is 0 Å². The predicted octanol–water partition coefficient (Wildman–Crippen LogP) is -3.33. The van der Waals surface area contributed by atoms with Gasteiger partial charge < -0.3 is 38.3 Å². The standard InChI is InChI=1S/C17H30N6O7/c1-7(2)13(20)16(28)21-8(3)14(26)22-9(4-5-11(18)24)15(27)23-10(17(29)30)6-12(19)25/h7-10,13H,4-6,20H2,1-3H3,(H2,18,24)(H2,19,25)(H,21,28)(H,22,26)(H,23,27)(H,29,30). The van der Waals surface area contributed by atoms with E-state index in [0.29, 0.717) is 0 Å². The highest BCUT2D eigenvalue weighted by molar-refractivity contribution is 5.95. The summed E-state index contributed by atoms with van der Waals surface area (Å²) in [6, 6.07) is -4.90. The van der Waals surface area contributed by atoms with Crippen molar-refractivity contribution in [3.8, 4) is 0 Å². The Hall–Kier alpha value is -3.22. The van der Waals surface area contributed by atoms with Gasteiger partial charge in [0.2, 0.25) is 29.5 Å². The summed E-state index contributed by atoms with van der Waals surface area (Å²) < 4.78 is 0. The molecule has 170 valence electrons. The molecule has 0 bridgehead atoms. The fraction of sp³-hybridized carbons (Fsp3) is 0.647. The lowest BCUT2D eigenvalue weighted by Gasteiger charge is -2.23. The second-order valence-corrected chi connectivity index (χ2v) is 7.14. The van der Waals surface area contributed by atoms with Gasteiger partial charge in [-0.1, -0.05) is 13.8 Å². The minimum Gasteiger partial charge on any atom is -0.480 e. The number of carboxylic acid groups (broad SMARTS) is 1. The van der Waals surface area contributed by atoms with Gasteiger partial charge in [0, 0.05) is 6.42 Å². The van der Waals surface area contributed by atoms with Gasteiger partial charge in [0.05, 0.1) is 12.5 Å². The van der Waals surface area contributed by atoms with Crippen molar-refractivity contribution >= 4 is 35.5 Å². The number of nitrogens with one attached hydrogen (secondary N) is 3. The first kappa shape index (κ1) is 26.8. The molecule has 0 fully saturated rings. The summed E-state index contributed by atoms with van der Waals surface area (Å²) in [6.07, 6.45) is -1.19. The van der Waals surface area contributed by atoms with Gasteiger partial charge in [-0.2, -0.15) is 0 Å². The monoisotopic (exact) mass is 430 g/mol. The molecule has 13 nitrogen and oxygen atoms in total. The fourth-order valence-electron chi connectivity index (χ4n) is 2.20. The maximum Gasteiger partial charge on any atom is 0.326 e. The normalized spacial score (nSPS) is 14.7. The van der Waals surface area contributed by atoms with Crippen LogP contribution in [0.3, 0.4) is 0 Å². The Balaban J connectivity index is 5.22. The molecule has 0 aliphatic rings. The second kappa shape index (κ2) is 12.4. The molecule has 0 aromatic heterocycles. The number of rotatable bonds is 13. The molecule has 0 aromatic rings. The van der Waals surface area contributed by atoms with Crippen molar-refractivity contribution in [3.63, 3.8) is 0 Å². The lowest BCUT2D eigenvalue weighted by Crippen LogP contribution is -2.57. The fourth-order valence-corrected chi connectivity index (χ4v) is 2.20. The van der Waals surface area contributed by atoms with E-state index in [9.17, 15) is 28.8 Å². The zero-order valence-electron chi connectivity index (χ0n) is 17.1. The molecular weight excluding hydrogens is 400 g/mol. The third kappa shape index (κ3) is 9.82. The van der Waals surface area contributed by atoms with Crippen molar-refractivity contribution < 1.29 is 33.9 Å². The highest BCUT2D eigenvalue weighted by Crippen LogP contribution is 2.03. The van der Waals surface area contributed by atoms with Gasteiger partial charge in [0.1, 0.15) is 18.1 Å². The molecule has 4 atom stereocenters. The topological polar surface area (TPSA) is 237 Å². The van der Waals surface area contributed by atoms with Crippen LogP contribution in [0.5, 0.6) is 0 Å². The first-order chi connectivity index (χ1) is 13.8. The van der Waals surface area contributed by atoms with Crippen LogP contribution in [0.25, 0.3) is 0 Å². The van der Waals surface area contributed by atoms with Crippen LogP contribution in [0.15, 0.2) is 0 Å². The molecule has 4 unspecified atom stereocenters. The molecule has 5 amide bonds. The van der Waals surface area contributed by atoms with Crippen LogP contribution >= 0.6 is 0 Å². The summed E-state index contributed by atoms with van der Waals surface area (Å²) in [5, 5.41) is 15.9. The number of nitrogens with two attached hydrogens (primary N) is 3. The molecule has 0 saturated carbocycles. The van der Waals surface area contributed by atoms with Crippen LogP contribution in [0.2, 0.25) is 0 Å². The maximum absolute atomic E-state index is 12.4. The Labute approximate surface area is 173 Å². The van der Waals surface area contributed by atoms with Gasteiger partial charge >= 0.3 is 5.97 Å². The van der Waals surface area contributed by atoms with E-state index in [4.69, 9.17) is 22.3 Å². The summed E-state index contributed by atoms with van der Waals surface area (Å²) in [5.74, 6) is -5.70. The molecule has 0 spiro atoms. The van der Waals surface area contributed by atoms with Crippen molar-refractivity contribution in [2.75, 3.05) is 0 Å². The summed E-state index contributed by atoms with van der Waals surface area (Å²) >= 11 is 0. The zero-order chi connectivity index (χ0) is 23.6. The average molecular weight is 430 g/mol. The first-order valence-corrected chi connectivity index (χ1v) is 9.22. The van der Waals surface area contributed by atoms with Gasteiger partial charge in [-0.25, -0.2) is 4.79 Å². The molecule has 0 heterocycles. The summed E-state index contributed by atoms with van der Waals surface area (Å²) in [4.78, 5) is 70.0. The van der Waals surface area contributed by atoms with E-state index in [1.165, 1.54) is 6.92 Å². The molecule has 0 aromatic carbocycles. The van der Waals surface area contributed by atoms with Crippen LogP contribution in [0.4, 0.5) is 0 Å².